The quantitative estimate of drug-likeness (QED) is 0.633. The number of carboxylic acids is 1. The average molecular weight is 390 g/mol. The average Bonchev–Trinajstić information content (AvgIpc) is 3.07. The molecule has 1 heterocycles. The number of aliphatic carboxylic acids is 1. The Labute approximate surface area is 159 Å². The molecule has 26 heavy (non-hydrogen) atoms. The maximum atomic E-state index is 12.3. The maximum Gasteiger partial charge on any atom is 0.307 e. The first-order valence-corrected chi connectivity index (χ1v) is 8.35. The molecule has 0 aliphatic carbocycles. The summed E-state index contributed by atoms with van der Waals surface area (Å²) in [6.07, 6.45) is -0.119. The van der Waals surface area contributed by atoms with Crippen molar-refractivity contribution in [1.29, 1.82) is 0 Å². The van der Waals surface area contributed by atoms with Gasteiger partial charge in [0.25, 0.3) is 5.91 Å². The van der Waals surface area contributed by atoms with Gasteiger partial charge in [-0.2, -0.15) is 0 Å². The third kappa shape index (κ3) is 4.25. The molecular weight excluding hydrogens is 377 g/mol. The number of benzene rings is 2. The summed E-state index contributed by atoms with van der Waals surface area (Å²) in [6.45, 7) is 0. The molecule has 2 N–H and O–H groups in total. The molecule has 0 aliphatic heterocycles. The van der Waals surface area contributed by atoms with Crippen molar-refractivity contribution in [2.24, 2.45) is 0 Å². The number of carbonyl (C=O) groups excluding carboxylic acids is 1. The van der Waals surface area contributed by atoms with Gasteiger partial charge in [0.05, 0.1) is 16.5 Å². The zero-order valence-corrected chi connectivity index (χ0v) is 14.8. The van der Waals surface area contributed by atoms with Crippen LogP contribution in [0, 0.1) is 0 Å². The number of carbonyl (C=O) groups is 2. The van der Waals surface area contributed by atoms with E-state index in [1.807, 2.05) is 0 Å². The fourth-order valence-corrected chi connectivity index (χ4v) is 2.69. The Morgan fingerprint density at radius 3 is 2.54 bits per heavy atom. The number of carboxylic acid groups (broad SMARTS) is 1. The van der Waals surface area contributed by atoms with Crippen LogP contribution in [0.25, 0.3) is 11.3 Å². The Bertz CT molecular complexity index is 981. The number of furan rings is 1. The van der Waals surface area contributed by atoms with Crippen LogP contribution in [0.2, 0.25) is 10.0 Å². The minimum absolute atomic E-state index is 0.119. The number of amides is 1. The van der Waals surface area contributed by atoms with Crippen LogP contribution in [-0.2, 0) is 11.2 Å². The van der Waals surface area contributed by atoms with Crippen molar-refractivity contribution in [3.05, 3.63) is 76.0 Å². The second-order valence-corrected chi connectivity index (χ2v) is 6.33. The molecule has 132 valence electrons. The van der Waals surface area contributed by atoms with Crippen LogP contribution in [-0.4, -0.2) is 17.0 Å². The summed E-state index contributed by atoms with van der Waals surface area (Å²) in [5.74, 6) is -0.780. The maximum absolute atomic E-state index is 12.3. The van der Waals surface area contributed by atoms with Gasteiger partial charge in [-0.15, -0.1) is 0 Å². The molecule has 0 saturated carbocycles. The Kier molecular flexibility index (Phi) is 5.30. The van der Waals surface area contributed by atoms with Crippen LogP contribution < -0.4 is 5.32 Å². The lowest BCUT2D eigenvalue weighted by Crippen LogP contribution is -2.11. The molecule has 1 amide bonds. The lowest BCUT2D eigenvalue weighted by atomic mass is 10.1. The lowest BCUT2D eigenvalue weighted by molar-refractivity contribution is -0.136. The summed E-state index contributed by atoms with van der Waals surface area (Å²) in [4.78, 5) is 23.1. The highest BCUT2D eigenvalue weighted by molar-refractivity contribution is 6.42. The van der Waals surface area contributed by atoms with E-state index in [1.165, 1.54) is 0 Å². The van der Waals surface area contributed by atoms with Crippen molar-refractivity contribution in [3.8, 4) is 11.3 Å². The minimum atomic E-state index is -0.939. The zero-order valence-electron chi connectivity index (χ0n) is 13.3. The Morgan fingerprint density at radius 2 is 1.81 bits per heavy atom. The molecule has 0 spiro atoms. The van der Waals surface area contributed by atoms with Crippen LogP contribution in [0.1, 0.15) is 16.1 Å². The van der Waals surface area contributed by atoms with Gasteiger partial charge in [0.2, 0.25) is 0 Å². The largest absolute Gasteiger partial charge is 0.481 e. The highest BCUT2D eigenvalue weighted by Crippen LogP contribution is 2.29. The van der Waals surface area contributed by atoms with Crippen LogP contribution in [0.15, 0.2) is 59.0 Å². The summed E-state index contributed by atoms with van der Waals surface area (Å²) < 4.78 is 5.59. The Morgan fingerprint density at radius 1 is 1.00 bits per heavy atom. The smallest absolute Gasteiger partial charge is 0.307 e. The molecule has 2 aromatic carbocycles. The normalized spacial score (nSPS) is 10.5. The van der Waals surface area contributed by atoms with E-state index in [0.29, 0.717) is 32.6 Å². The van der Waals surface area contributed by atoms with E-state index >= 15 is 0 Å². The molecule has 0 unspecified atom stereocenters. The van der Waals surface area contributed by atoms with E-state index in [0.717, 1.165) is 0 Å². The molecule has 0 fully saturated rings. The number of hydrogen-bond acceptors (Lipinski definition) is 3. The molecular formula is C19H13Cl2NO4. The van der Waals surface area contributed by atoms with Gasteiger partial charge in [0, 0.05) is 11.3 Å². The van der Waals surface area contributed by atoms with Gasteiger partial charge in [0.1, 0.15) is 5.76 Å². The zero-order chi connectivity index (χ0) is 18.7. The molecule has 0 bridgehead atoms. The fourth-order valence-electron chi connectivity index (χ4n) is 2.39. The standard InChI is InChI=1S/C19H13Cl2NO4/c20-14-5-4-12(10-15(14)21)16-6-7-17(26-16)19(25)22-13-3-1-2-11(8-13)9-18(23)24/h1-8,10H,9H2,(H,22,25)(H,23,24). The summed E-state index contributed by atoms with van der Waals surface area (Å²) in [5, 5.41) is 12.4. The Balaban J connectivity index is 1.76. The molecule has 0 atom stereocenters. The van der Waals surface area contributed by atoms with Gasteiger partial charge in [0.15, 0.2) is 5.76 Å². The first-order valence-electron chi connectivity index (χ1n) is 7.60. The van der Waals surface area contributed by atoms with E-state index < -0.39 is 11.9 Å². The number of rotatable bonds is 5. The first-order chi connectivity index (χ1) is 12.4. The van der Waals surface area contributed by atoms with Crippen molar-refractivity contribution in [2.45, 2.75) is 6.42 Å². The highest BCUT2D eigenvalue weighted by atomic mass is 35.5. The molecule has 0 aliphatic rings. The second kappa shape index (κ2) is 7.64. The molecule has 0 saturated heterocycles. The van der Waals surface area contributed by atoms with Crippen LogP contribution >= 0.6 is 23.2 Å². The van der Waals surface area contributed by atoms with E-state index in [2.05, 4.69) is 5.32 Å². The molecule has 3 aromatic rings. The summed E-state index contributed by atoms with van der Waals surface area (Å²) in [7, 11) is 0. The SMILES string of the molecule is O=C(O)Cc1cccc(NC(=O)c2ccc(-c3ccc(Cl)c(Cl)c3)o2)c1. The monoisotopic (exact) mass is 389 g/mol. The number of halogens is 2. The summed E-state index contributed by atoms with van der Waals surface area (Å²) in [5.41, 5.74) is 1.77. The van der Waals surface area contributed by atoms with Crippen LogP contribution in [0.3, 0.4) is 0 Å². The number of nitrogens with one attached hydrogen (secondary N) is 1. The van der Waals surface area contributed by atoms with Gasteiger partial charge in [-0.3, -0.25) is 9.59 Å². The highest BCUT2D eigenvalue weighted by Gasteiger charge is 2.14. The fraction of sp³-hybridized carbons (Fsp3) is 0.0526. The van der Waals surface area contributed by atoms with Gasteiger partial charge < -0.3 is 14.8 Å². The Hall–Kier alpha value is -2.76. The van der Waals surface area contributed by atoms with E-state index in [4.69, 9.17) is 32.7 Å². The summed E-state index contributed by atoms with van der Waals surface area (Å²) in [6, 6.07) is 14.9. The van der Waals surface area contributed by atoms with Crippen LogP contribution in [0.4, 0.5) is 5.69 Å². The van der Waals surface area contributed by atoms with Crippen molar-refractivity contribution in [1.82, 2.24) is 0 Å². The van der Waals surface area contributed by atoms with E-state index in [9.17, 15) is 9.59 Å². The van der Waals surface area contributed by atoms with Gasteiger partial charge in [-0.05, 0) is 48.0 Å². The van der Waals surface area contributed by atoms with Crippen molar-refractivity contribution in [3.63, 3.8) is 0 Å². The van der Waals surface area contributed by atoms with Crippen molar-refractivity contribution in [2.75, 3.05) is 5.32 Å². The predicted molar refractivity (Wildman–Crippen MR) is 99.9 cm³/mol. The van der Waals surface area contributed by atoms with E-state index in [-0.39, 0.29) is 12.2 Å². The predicted octanol–water partition coefficient (Wildman–Crippen LogP) is 5.13. The third-order valence-electron chi connectivity index (χ3n) is 3.57. The minimum Gasteiger partial charge on any atom is -0.481 e. The molecule has 1 aromatic heterocycles. The third-order valence-corrected chi connectivity index (χ3v) is 4.31. The van der Waals surface area contributed by atoms with Gasteiger partial charge >= 0.3 is 5.97 Å². The van der Waals surface area contributed by atoms with E-state index in [1.54, 1.807) is 54.6 Å². The second-order valence-electron chi connectivity index (χ2n) is 5.52. The lowest BCUT2D eigenvalue weighted by Gasteiger charge is -2.05. The molecule has 5 nitrogen and oxygen atoms in total. The number of hydrogen-bond donors (Lipinski definition) is 2. The topological polar surface area (TPSA) is 79.5 Å². The van der Waals surface area contributed by atoms with Crippen LogP contribution in [0.5, 0.6) is 0 Å². The van der Waals surface area contributed by atoms with Crippen molar-refractivity contribution < 1.29 is 19.1 Å². The molecule has 7 heteroatoms. The van der Waals surface area contributed by atoms with Gasteiger partial charge in [-0.25, -0.2) is 0 Å². The number of anilines is 1. The summed E-state index contributed by atoms with van der Waals surface area (Å²) >= 11 is 11.9. The molecule has 0 radical (unpaired) electrons. The first kappa shape index (κ1) is 18.0. The van der Waals surface area contributed by atoms with Gasteiger partial charge in [-0.1, -0.05) is 35.3 Å². The van der Waals surface area contributed by atoms with Crippen molar-refractivity contribution >= 4 is 40.8 Å². The molecule has 3 rings (SSSR count).